The molecule has 0 radical (unpaired) electrons. The van der Waals surface area contributed by atoms with Gasteiger partial charge in [-0.25, -0.2) is 14.2 Å². The predicted octanol–water partition coefficient (Wildman–Crippen LogP) is 3.99. The summed E-state index contributed by atoms with van der Waals surface area (Å²) < 4.78 is 23.8. The Bertz CT molecular complexity index is 1250. The van der Waals surface area contributed by atoms with E-state index in [2.05, 4.69) is 5.43 Å². The van der Waals surface area contributed by atoms with Gasteiger partial charge >= 0.3 is 5.97 Å². The number of furan rings is 1. The molecule has 1 N–H and O–H groups in total. The number of esters is 1. The average molecular weight is 441 g/mol. The number of methoxy groups -OCH3 is 1. The number of benzene rings is 2. The maximum atomic E-state index is 13.4. The van der Waals surface area contributed by atoms with Crippen LogP contribution in [0.3, 0.4) is 0 Å². The molecule has 1 aliphatic rings. The summed E-state index contributed by atoms with van der Waals surface area (Å²) in [5.41, 5.74) is 3.44. The zero-order chi connectivity index (χ0) is 22.1. The minimum absolute atomic E-state index is 0.162. The number of nitrogens with one attached hydrogen (secondary N) is 1. The monoisotopic (exact) mass is 440 g/mol. The van der Waals surface area contributed by atoms with Crippen molar-refractivity contribution in [1.82, 2.24) is 5.43 Å². The molecule has 1 saturated heterocycles. The van der Waals surface area contributed by atoms with Crippen molar-refractivity contribution in [3.8, 4) is 11.3 Å². The van der Waals surface area contributed by atoms with Crippen LogP contribution in [-0.2, 0) is 14.3 Å². The number of hydrogen-bond donors (Lipinski definition) is 1. The number of rotatable bonds is 4. The van der Waals surface area contributed by atoms with Crippen LogP contribution in [0.5, 0.6) is 0 Å². The van der Waals surface area contributed by atoms with Crippen LogP contribution in [0.15, 0.2) is 64.6 Å². The molecule has 3 aromatic rings. The Morgan fingerprint density at radius 1 is 1.16 bits per heavy atom. The van der Waals surface area contributed by atoms with E-state index in [0.29, 0.717) is 16.9 Å². The quantitative estimate of drug-likeness (QED) is 0.376. The Labute approximate surface area is 180 Å². The van der Waals surface area contributed by atoms with E-state index in [-0.39, 0.29) is 22.0 Å². The number of carbonyl (C=O) groups is 3. The predicted molar refractivity (Wildman–Crippen MR) is 110 cm³/mol. The van der Waals surface area contributed by atoms with Gasteiger partial charge in [-0.3, -0.25) is 15.0 Å². The molecule has 0 atom stereocenters. The zero-order valence-corrected chi connectivity index (χ0v) is 16.8. The van der Waals surface area contributed by atoms with Crippen molar-refractivity contribution in [2.24, 2.45) is 0 Å². The molecule has 2 amide bonds. The molecule has 0 aliphatic carbocycles. The topological polar surface area (TPSA) is 88.9 Å². The molecule has 9 heteroatoms. The summed E-state index contributed by atoms with van der Waals surface area (Å²) in [6.07, 6.45) is 1.30. The second-order valence-corrected chi connectivity index (χ2v) is 6.92. The average Bonchev–Trinajstić information content (AvgIpc) is 3.35. The maximum Gasteiger partial charge on any atom is 0.337 e. The molecule has 156 valence electrons. The molecule has 2 aromatic carbocycles. The molecule has 0 bridgehead atoms. The number of carbonyl (C=O) groups excluding carboxylic acids is 3. The van der Waals surface area contributed by atoms with Crippen molar-refractivity contribution in [3.05, 3.63) is 82.3 Å². The minimum atomic E-state index is -0.643. The van der Waals surface area contributed by atoms with Gasteiger partial charge in [0.1, 0.15) is 22.9 Å². The molecule has 0 saturated carbocycles. The Kier molecular flexibility index (Phi) is 5.31. The summed E-state index contributed by atoms with van der Waals surface area (Å²) in [5, 5.41) is 0.797. The fraction of sp³-hybridized carbons (Fsp3) is 0.0455. The summed E-state index contributed by atoms with van der Waals surface area (Å²) in [5.74, 6) is -1.71. The molecule has 4 rings (SSSR count). The highest BCUT2D eigenvalue weighted by atomic mass is 35.5. The van der Waals surface area contributed by atoms with Gasteiger partial charge in [-0.15, -0.1) is 0 Å². The zero-order valence-electron chi connectivity index (χ0n) is 16.0. The van der Waals surface area contributed by atoms with Crippen molar-refractivity contribution < 1.29 is 27.9 Å². The fourth-order valence-electron chi connectivity index (χ4n) is 3.01. The molecule has 0 spiro atoms. The lowest BCUT2D eigenvalue weighted by molar-refractivity contribution is -0.117. The number of hydrogen-bond acceptors (Lipinski definition) is 5. The Balaban J connectivity index is 1.60. The SMILES string of the molecule is COC(=O)c1cccc(-c2ccc(C=C3C(=O)NN(c4ccc(F)c(Cl)c4)C3=O)o2)c1. The van der Waals surface area contributed by atoms with E-state index in [9.17, 15) is 18.8 Å². The van der Waals surface area contributed by atoms with E-state index in [0.717, 1.165) is 11.1 Å². The molecule has 7 nitrogen and oxygen atoms in total. The third-order valence-electron chi connectivity index (χ3n) is 4.53. The summed E-state index contributed by atoms with van der Waals surface area (Å²) in [4.78, 5) is 36.7. The van der Waals surface area contributed by atoms with Crippen LogP contribution in [0.25, 0.3) is 17.4 Å². The molecule has 1 fully saturated rings. The smallest absolute Gasteiger partial charge is 0.337 e. The molecule has 0 unspecified atom stereocenters. The number of hydrazine groups is 1. The largest absolute Gasteiger partial charge is 0.465 e. The highest BCUT2D eigenvalue weighted by Gasteiger charge is 2.35. The summed E-state index contributed by atoms with van der Waals surface area (Å²) in [7, 11) is 1.29. The van der Waals surface area contributed by atoms with E-state index in [1.54, 1.807) is 36.4 Å². The highest BCUT2D eigenvalue weighted by molar-refractivity contribution is 6.33. The molecular formula is C22H14ClFN2O5. The molecule has 1 aromatic heterocycles. The van der Waals surface area contributed by atoms with Gasteiger partial charge in [-0.2, -0.15) is 0 Å². The van der Waals surface area contributed by atoms with Gasteiger partial charge in [0.05, 0.1) is 23.4 Å². The van der Waals surface area contributed by atoms with Crippen LogP contribution in [0, 0.1) is 5.82 Å². The van der Waals surface area contributed by atoms with Gasteiger partial charge in [-0.1, -0.05) is 23.7 Å². The Morgan fingerprint density at radius 2 is 1.97 bits per heavy atom. The van der Waals surface area contributed by atoms with Crippen LogP contribution in [0.2, 0.25) is 5.02 Å². The summed E-state index contributed by atoms with van der Waals surface area (Å²) in [6.45, 7) is 0. The van der Waals surface area contributed by atoms with E-state index in [1.165, 1.54) is 25.3 Å². The van der Waals surface area contributed by atoms with E-state index in [1.807, 2.05) is 0 Å². The number of halogens is 2. The first-order valence-electron chi connectivity index (χ1n) is 8.98. The number of amides is 2. The summed E-state index contributed by atoms with van der Waals surface area (Å²) in [6, 6.07) is 13.5. The normalized spacial score (nSPS) is 14.8. The summed E-state index contributed by atoms with van der Waals surface area (Å²) >= 11 is 5.76. The maximum absolute atomic E-state index is 13.4. The minimum Gasteiger partial charge on any atom is -0.465 e. The number of nitrogens with zero attached hydrogens (tertiary/aromatic N) is 1. The lowest BCUT2D eigenvalue weighted by atomic mass is 10.1. The van der Waals surface area contributed by atoms with E-state index < -0.39 is 23.6 Å². The van der Waals surface area contributed by atoms with Crippen molar-refractivity contribution in [2.45, 2.75) is 0 Å². The lowest BCUT2D eigenvalue weighted by Gasteiger charge is -2.14. The van der Waals surface area contributed by atoms with E-state index >= 15 is 0 Å². The molecular weight excluding hydrogens is 427 g/mol. The van der Waals surface area contributed by atoms with Gasteiger partial charge in [0, 0.05) is 5.56 Å². The van der Waals surface area contributed by atoms with Gasteiger partial charge in [0.15, 0.2) is 0 Å². The van der Waals surface area contributed by atoms with Crippen molar-refractivity contribution in [3.63, 3.8) is 0 Å². The fourth-order valence-corrected chi connectivity index (χ4v) is 3.18. The van der Waals surface area contributed by atoms with Gasteiger partial charge in [0.2, 0.25) is 0 Å². The second-order valence-electron chi connectivity index (χ2n) is 6.51. The third-order valence-corrected chi connectivity index (χ3v) is 4.82. The molecule has 2 heterocycles. The Hall–Kier alpha value is -3.91. The van der Waals surface area contributed by atoms with Crippen LogP contribution >= 0.6 is 11.6 Å². The van der Waals surface area contributed by atoms with Crippen LogP contribution in [-0.4, -0.2) is 24.9 Å². The molecule has 31 heavy (non-hydrogen) atoms. The van der Waals surface area contributed by atoms with Gasteiger partial charge in [-0.05, 0) is 48.5 Å². The van der Waals surface area contributed by atoms with Crippen molar-refractivity contribution in [2.75, 3.05) is 12.1 Å². The number of ether oxygens (including phenoxy) is 1. The first kappa shape index (κ1) is 20.4. The Morgan fingerprint density at radius 3 is 2.71 bits per heavy atom. The molecule has 1 aliphatic heterocycles. The van der Waals surface area contributed by atoms with Gasteiger partial charge < -0.3 is 9.15 Å². The highest BCUT2D eigenvalue weighted by Crippen LogP contribution is 2.28. The van der Waals surface area contributed by atoms with E-state index in [4.69, 9.17) is 20.8 Å². The van der Waals surface area contributed by atoms with Gasteiger partial charge in [0.25, 0.3) is 11.8 Å². The van der Waals surface area contributed by atoms with Crippen LogP contribution in [0.1, 0.15) is 16.1 Å². The first-order chi connectivity index (χ1) is 14.9. The van der Waals surface area contributed by atoms with Crippen molar-refractivity contribution in [1.29, 1.82) is 0 Å². The third kappa shape index (κ3) is 3.93. The van der Waals surface area contributed by atoms with Crippen LogP contribution in [0.4, 0.5) is 10.1 Å². The van der Waals surface area contributed by atoms with Crippen LogP contribution < -0.4 is 10.4 Å². The second kappa shape index (κ2) is 8.08. The first-order valence-corrected chi connectivity index (χ1v) is 9.36. The lowest BCUT2D eigenvalue weighted by Crippen LogP contribution is -2.35. The standard InChI is InChI=1S/C22H14ClFN2O5/c1-30-22(29)13-4-2-3-12(9-13)19-8-6-15(31-19)11-16-20(27)25-26(21(16)28)14-5-7-18(24)17(23)10-14/h2-11H,1H3,(H,25,27). The van der Waals surface area contributed by atoms with Crippen molar-refractivity contribution >= 4 is 41.1 Å². The number of anilines is 1.